The number of hydrogen-bond donors (Lipinski definition) is 4. The molecule has 0 spiro atoms. The minimum absolute atomic E-state index is 0.0707. The van der Waals surface area contributed by atoms with E-state index in [1.165, 1.54) is 29.3 Å². The molecular formula is C36H42F3N3O4. The molecule has 2 saturated heterocycles. The van der Waals surface area contributed by atoms with Crippen molar-refractivity contribution in [1.29, 1.82) is 0 Å². The number of nitrogens with zero attached hydrogens (tertiary/aromatic N) is 1. The lowest BCUT2D eigenvalue weighted by molar-refractivity contribution is -0.176. The fourth-order valence-corrected chi connectivity index (χ4v) is 8.39. The molecule has 3 aromatic rings. The van der Waals surface area contributed by atoms with Gasteiger partial charge in [-0.25, -0.2) is 0 Å². The molecule has 0 aromatic heterocycles. The van der Waals surface area contributed by atoms with Crippen LogP contribution in [0.3, 0.4) is 0 Å². The summed E-state index contributed by atoms with van der Waals surface area (Å²) in [6.45, 7) is 4.64. The number of likely N-dealkylation sites (tertiary alicyclic amines) is 1. The van der Waals surface area contributed by atoms with Crippen LogP contribution in [0.4, 0.5) is 13.2 Å². The van der Waals surface area contributed by atoms with Gasteiger partial charge in [0.2, 0.25) is 0 Å². The number of aliphatic carboxylic acids is 2. The minimum atomic E-state index is -4.83. The number of hydrogen-bond acceptors (Lipinski definition) is 5. The Kier molecular flexibility index (Phi) is 9.37. The first kappa shape index (κ1) is 33.6. The molecule has 0 aliphatic carbocycles. The summed E-state index contributed by atoms with van der Waals surface area (Å²) >= 11 is 0. The highest BCUT2D eigenvalue weighted by molar-refractivity contribution is 5.84. The summed E-state index contributed by atoms with van der Waals surface area (Å²) in [7, 11) is 0. The third-order valence-corrected chi connectivity index (χ3v) is 11.0. The standard InChI is InChI=1S/C36H42F3N3O4/c1-3-34(31(43)44)29(27-16-10-11-17-28(27)36(37,38)39)35(32(45)46,24(2)41-30(34)40)20-23-42-21-18-33(19-22-42,25-12-6-4-7-13-25)26-14-8-5-9-15-26/h4-17,24,29-30,41H,3,18-23,40H2,1-2H3,(H,43,44)(H,45,46)/t24?,29?,30-,34?,35?/m1/s1. The monoisotopic (exact) mass is 637 g/mol. The number of halogens is 3. The molecule has 46 heavy (non-hydrogen) atoms. The average Bonchev–Trinajstić information content (AvgIpc) is 3.04. The first-order valence-electron chi connectivity index (χ1n) is 15.8. The number of carboxylic acid groups (broad SMARTS) is 2. The van der Waals surface area contributed by atoms with Gasteiger partial charge in [0.25, 0.3) is 0 Å². The molecule has 0 radical (unpaired) electrons. The molecule has 2 fully saturated rings. The molecule has 0 bridgehead atoms. The van der Waals surface area contributed by atoms with E-state index in [0.717, 1.165) is 18.9 Å². The van der Waals surface area contributed by atoms with E-state index in [-0.39, 0.29) is 30.4 Å². The van der Waals surface area contributed by atoms with Crippen molar-refractivity contribution in [3.8, 4) is 0 Å². The van der Waals surface area contributed by atoms with E-state index in [2.05, 4.69) is 34.5 Å². The Morgan fingerprint density at radius 2 is 1.37 bits per heavy atom. The van der Waals surface area contributed by atoms with Gasteiger partial charge < -0.3 is 20.8 Å². The molecule has 7 nitrogen and oxygen atoms in total. The summed E-state index contributed by atoms with van der Waals surface area (Å²) in [5.41, 5.74) is 3.24. The highest BCUT2D eigenvalue weighted by Gasteiger charge is 2.67. The van der Waals surface area contributed by atoms with E-state index < -0.39 is 52.6 Å². The number of benzene rings is 3. The summed E-state index contributed by atoms with van der Waals surface area (Å²) < 4.78 is 43.5. The van der Waals surface area contributed by atoms with Crippen molar-refractivity contribution in [2.45, 2.75) is 69.2 Å². The van der Waals surface area contributed by atoms with Crippen LogP contribution >= 0.6 is 0 Å². The van der Waals surface area contributed by atoms with Gasteiger partial charge in [0.1, 0.15) is 5.41 Å². The topological polar surface area (TPSA) is 116 Å². The summed E-state index contributed by atoms with van der Waals surface area (Å²) in [6.07, 6.45) is -4.84. The summed E-state index contributed by atoms with van der Waals surface area (Å²) in [5, 5.41) is 24.7. The number of nitrogens with one attached hydrogen (secondary N) is 1. The SMILES string of the molecule is CCC1(C(=O)O)C(c2ccccc2C(F)(F)F)C(CCN2CCC(c3ccccc3)(c3ccccc3)CC2)(C(=O)O)C(C)N[C@H]1N. The van der Waals surface area contributed by atoms with Crippen LogP contribution in [-0.2, 0) is 21.2 Å². The van der Waals surface area contributed by atoms with Crippen molar-refractivity contribution in [2.75, 3.05) is 19.6 Å². The smallest absolute Gasteiger partial charge is 0.416 e. The fraction of sp³-hybridized carbons (Fsp3) is 0.444. The zero-order chi connectivity index (χ0) is 33.3. The Morgan fingerprint density at radius 1 is 0.870 bits per heavy atom. The predicted octanol–water partition coefficient (Wildman–Crippen LogP) is 6.09. The van der Waals surface area contributed by atoms with Gasteiger partial charge >= 0.3 is 18.1 Å². The number of nitrogens with two attached hydrogens (primary N) is 1. The Labute approximate surface area is 267 Å². The van der Waals surface area contributed by atoms with E-state index in [9.17, 15) is 33.0 Å². The maximum Gasteiger partial charge on any atom is 0.416 e. The molecule has 246 valence electrons. The number of rotatable bonds is 9. The van der Waals surface area contributed by atoms with Gasteiger partial charge in [0.15, 0.2) is 0 Å². The van der Waals surface area contributed by atoms with Gasteiger partial charge in [0, 0.05) is 17.4 Å². The minimum Gasteiger partial charge on any atom is -0.481 e. The first-order valence-corrected chi connectivity index (χ1v) is 15.8. The maximum atomic E-state index is 14.5. The average molecular weight is 638 g/mol. The van der Waals surface area contributed by atoms with Gasteiger partial charge in [-0.15, -0.1) is 0 Å². The summed E-state index contributed by atoms with van der Waals surface area (Å²) in [4.78, 5) is 28.8. The second-order valence-electron chi connectivity index (χ2n) is 12.8. The zero-order valence-corrected chi connectivity index (χ0v) is 26.1. The van der Waals surface area contributed by atoms with Gasteiger partial charge in [-0.2, -0.15) is 13.2 Å². The van der Waals surface area contributed by atoms with Crippen molar-refractivity contribution in [3.63, 3.8) is 0 Å². The highest BCUT2D eigenvalue weighted by atomic mass is 19.4. The van der Waals surface area contributed by atoms with Crippen LogP contribution in [0.2, 0.25) is 0 Å². The summed E-state index contributed by atoms with van der Waals surface area (Å²) in [5.74, 6) is -4.34. The van der Waals surface area contributed by atoms with E-state index in [1.807, 2.05) is 36.4 Å². The molecule has 2 heterocycles. The Balaban J connectivity index is 1.54. The molecule has 5 N–H and O–H groups in total. The largest absolute Gasteiger partial charge is 0.481 e. The molecule has 3 aromatic carbocycles. The number of alkyl halides is 3. The van der Waals surface area contributed by atoms with Crippen LogP contribution in [0.5, 0.6) is 0 Å². The van der Waals surface area contributed by atoms with Crippen molar-refractivity contribution in [1.82, 2.24) is 10.2 Å². The normalized spacial score (nSPS) is 28.4. The van der Waals surface area contributed by atoms with Crippen molar-refractivity contribution >= 4 is 11.9 Å². The first-order chi connectivity index (χ1) is 21.8. The Morgan fingerprint density at radius 3 is 1.85 bits per heavy atom. The summed E-state index contributed by atoms with van der Waals surface area (Å²) in [6, 6.07) is 24.4. The zero-order valence-electron chi connectivity index (χ0n) is 26.1. The van der Waals surface area contributed by atoms with Crippen LogP contribution in [0.15, 0.2) is 84.9 Å². The third kappa shape index (κ3) is 5.50. The molecule has 2 aliphatic rings. The lowest BCUT2D eigenvalue weighted by Gasteiger charge is -2.57. The van der Waals surface area contributed by atoms with Crippen molar-refractivity contribution < 1.29 is 33.0 Å². The van der Waals surface area contributed by atoms with E-state index in [0.29, 0.717) is 13.1 Å². The van der Waals surface area contributed by atoms with Crippen LogP contribution in [-0.4, -0.2) is 58.9 Å². The molecule has 0 saturated carbocycles. The van der Waals surface area contributed by atoms with Crippen LogP contribution in [0.1, 0.15) is 67.7 Å². The highest BCUT2D eigenvalue weighted by Crippen LogP contribution is 2.59. The molecule has 4 unspecified atom stereocenters. The molecule has 5 atom stereocenters. The lowest BCUT2D eigenvalue weighted by Crippen LogP contribution is -2.73. The van der Waals surface area contributed by atoms with Crippen LogP contribution < -0.4 is 11.1 Å². The molecule has 10 heteroatoms. The van der Waals surface area contributed by atoms with E-state index >= 15 is 0 Å². The van der Waals surface area contributed by atoms with Crippen molar-refractivity contribution in [3.05, 3.63) is 107 Å². The number of piperidine rings is 2. The van der Waals surface area contributed by atoms with Gasteiger partial charge in [0.05, 0.1) is 17.1 Å². The van der Waals surface area contributed by atoms with E-state index in [4.69, 9.17) is 5.73 Å². The lowest BCUT2D eigenvalue weighted by atomic mass is 9.50. The molecular weight excluding hydrogens is 595 g/mol. The van der Waals surface area contributed by atoms with Gasteiger partial charge in [-0.1, -0.05) is 85.8 Å². The molecule has 5 rings (SSSR count). The van der Waals surface area contributed by atoms with Crippen LogP contribution in [0.25, 0.3) is 0 Å². The molecule has 2 aliphatic heterocycles. The van der Waals surface area contributed by atoms with Gasteiger partial charge in [-0.3, -0.25) is 14.9 Å². The second-order valence-corrected chi connectivity index (χ2v) is 12.8. The Hall–Kier alpha value is -3.73. The van der Waals surface area contributed by atoms with Gasteiger partial charge in [-0.05, 0) is 75.0 Å². The number of carboxylic acids is 2. The quantitative estimate of drug-likeness (QED) is 0.225. The molecule has 0 amide bonds. The number of carbonyl (C=O) groups is 2. The Bertz CT molecular complexity index is 1490. The maximum absolute atomic E-state index is 14.5. The third-order valence-electron chi connectivity index (χ3n) is 11.0. The predicted molar refractivity (Wildman–Crippen MR) is 169 cm³/mol. The fourth-order valence-electron chi connectivity index (χ4n) is 8.39. The second kappa shape index (κ2) is 12.8. The van der Waals surface area contributed by atoms with Crippen molar-refractivity contribution in [2.24, 2.45) is 16.6 Å². The van der Waals surface area contributed by atoms with Crippen LogP contribution in [0, 0.1) is 10.8 Å². The van der Waals surface area contributed by atoms with E-state index in [1.54, 1.807) is 13.8 Å².